The van der Waals surface area contributed by atoms with Gasteiger partial charge in [-0.15, -0.1) is 0 Å². The zero-order valence-corrected chi connectivity index (χ0v) is 17.5. The van der Waals surface area contributed by atoms with Crippen LogP contribution in [0.1, 0.15) is 33.3 Å². The summed E-state index contributed by atoms with van der Waals surface area (Å²) in [6.45, 7) is 7.88. The predicted octanol–water partition coefficient (Wildman–Crippen LogP) is 1.30. The van der Waals surface area contributed by atoms with E-state index in [9.17, 15) is 22.8 Å². The number of carbonyl (C=O) groups excluding carboxylic acids is 3. The minimum absolute atomic E-state index is 0.167. The van der Waals surface area contributed by atoms with E-state index in [-0.39, 0.29) is 4.90 Å². The van der Waals surface area contributed by atoms with E-state index in [2.05, 4.69) is 15.4 Å². The Hall–Kier alpha value is -2.62. The molecule has 0 bridgehead atoms. The van der Waals surface area contributed by atoms with Gasteiger partial charge in [0.2, 0.25) is 15.2 Å². The van der Waals surface area contributed by atoms with Crippen molar-refractivity contribution in [2.45, 2.75) is 56.5 Å². The van der Waals surface area contributed by atoms with Crippen LogP contribution in [-0.4, -0.2) is 50.5 Å². The second kappa shape index (κ2) is 9.05. The summed E-state index contributed by atoms with van der Waals surface area (Å²) < 4.78 is 35.5. The number of aryl methyl sites for hydroxylation is 1. The second-order valence-electron chi connectivity index (χ2n) is 7.14. The number of carbonyl (C=O) groups is 3. The summed E-state index contributed by atoms with van der Waals surface area (Å²) in [5.41, 5.74) is -0.0859. The molecule has 0 fully saturated rings. The minimum atomic E-state index is -4.32. The van der Waals surface area contributed by atoms with Gasteiger partial charge in [0, 0.05) is 0 Å². The summed E-state index contributed by atoms with van der Waals surface area (Å²) in [5, 5.41) is 2.30. The number of methoxy groups -OCH3 is 1. The van der Waals surface area contributed by atoms with Crippen LogP contribution >= 0.6 is 0 Å². The predicted molar refractivity (Wildman–Crippen MR) is 101 cm³/mol. The van der Waals surface area contributed by atoms with Crippen molar-refractivity contribution in [2.75, 3.05) is 7.11 Å². The lowest BCUT2D eigenvalue weighted by Gasteiger charge is -2.24. The van der Waals surface area contributed by atoms with Crippen LogP contribution in [0.3, 0.4) is 0 Å². The number of esters is 1. The zero-order chi connectivity index (χ0) is 21.7. The van der Waals surface area contributed by atoms with Gasteiger partial charge >= 0.3 is 12.1 Å². The van der Waals surface area contributed by atoms with Gasteiger partial charge in [0.05, 0.1) is 12.0 Å². The number of benzene rings is 1. The number of rotatable bonds is 6. The fraction of sp³-hybridized carbons (Fsp3) is 0.500. The third kappa shape index (κ3) is 6.52. The Morgan fingerprint density at radius 2 is 1.57 bits per heavy atom. The summed E-state index contributed by atoms with van der Waals surface area (Å²) in [7, 11) is -3.19. The van der Waals surface area contributed by atoms with Crippen molar-refractivity contribution in [2.24, 2.45) is 0 Å². The molecule has 1 rings (SSSR count). The Kier molecular flexibility index (Phi) is 7.57. The SMILES string of the molecule is COC(=O)C(C)NC(=O)C(NC(=O)OC(C)(C)C)S(=O)(=O)c1ccc(C)cc1. The van der Waals surface area contributed by atoms with Gasteiger partial charge in [0.25, 0.3) is 5.91 Å². The Balaban J connectivity index is 3.22. The van der Waals surface area contributed by atoms with Crippen LogP contribution in [0, 0.1) is 6.92 Å². The minimum Gasteiger partial charge on any atom is -0.467 e. The van der Waals surface area contributed by atoms with Gasteiger partial charge in [-0.25, -0.2) is 18.0 Å². The van der Waals surface area contributed by atoms with Crippen LogP contribution in [0.5, 0.6) is 0 Å². The molecule has 0 radical (unpaired) electrons. The molecule has 0 aromatic heterocycles. The molecule has 9 nitrogen and oxygen atoms in total. The average molecular weight is 414 g/mol. The third-order valence-electron chi connectivity index (χ3n) is 3.46. The molecular formula is C18H26N2O7S. The van der Waals surface area contributed by atoms with E-state index in [1.54, 1.807) is 39.8 Å². The molecule has 0 aliphatic rings. The van der Waals surface area contributed by atoms with Crippen molar-refractivity contribution in [3.63, 3.8) is 0 Å². The summed E-state index contributed by atoms with van der Waals surface area (Å²) in [4.78, 5) is 36.1. The van der Waals surface area contributed by atoms with Gasteiger partial charge in [0.1, 0.15) is 11.6 Å². The number of amides is 2. The highest BCUT2D eigenvalue weighted by Crippen LogP contribution is 2.17. The zero-order valence-electron chi connectivity index (χ0n) is 16.7. The van der Waals surface area contributed by atoms with Gasteiger partial charge in [-0.2, -0.15) is 0 Å². The number of ether oxygens (including phenoxy) is 2. The van der Waals surface area contributed by atoms with Crippen molar-refractivity contribution < 1.29 is 32.3 Å². The highest BCUT2D eigenvalue weighted by atomic mass is 32.2. The largest absolute Gasteiger partial charge is 0.467 e. The molecule has 0 saturated carbocycles. The van der Waals surface area contributed by atoms with E-state index in [4.69, 9.17) is 4.74 Å². The molecule has 156 valence electrons. The fourth-order valence-electron chi connectivity index (χ4n) is 2.09. The van der Waals surface area contributed by atoms with Crippen molar-refractivity contribution in [3.8, 4) is 0 Å². The van der Waals surface area contributed by atoms with E-state index in [1.807, 2.05) is 0 Å². The van der Waals surface area contributed by atoms with E-state index in [0.29, 0.717) is 0 Å². The molecule has 1 aromatic carbocycles. The Morgan fingerprint density at radius 3 is 2.04 bits per heavy atom. The maximum atomic E-state index is 13.0. The normalized spacial score (nSPS) is 13.8. The summed E-state index contributed by atoms with van der Waals surface area (Å²) >= 11 is 0. The molecule has 0 aliphatic carbocycles. The maximum absolute atomic E-state index is 13.0. The van der Waals surface area contributed by atoms with Gasteiger partial charge in [-0.3, -0.25) is 10.1 Å². The van der Waals surface area contributed by atoms with Crippen molar-refractivity contribution in [3.05, 3.63) is 29.8 Å². The van der Waals surface area contributed by atoms with Crippen LogP contribution in [0.15, 0.2) is 29.2 Å². The number of hydrogen-bond donors (Lipinski definition) is 2. The van der Waals surface area contributed by atoms with Crippen LogP contribution in [0.2, 0.25) is 0 Å². The van der Waals surface area contributed by atoms with Crippen LogP contribution in [0.4, 0.5) is 4.79 Å². The smallest absolute Gasteiger partial charge is 0.409 e. The monoisotopic (exact) mass is 414 g/mol. The molecular weight excluding hydrogens is 388 g/mol. The molecule has 0 aliphatic heterocycles. The van der Waals surface area contributed by atoms with Gasteiger partial charge < -0.3 is 14.8 Å². The van der Waals surface area contributed by atoms with Gasteiger partial charge in [-0.1, -0.05) is 17.7 Å². The average Bonchev–Trinajstić information content (AvgIpc) is 2.57. The van der Waals surface area contributed by atoms with E-state index >= 15 is 0 Å². The van der Waals surface area contributed by atoms with Crippen LogP contribution in [-0.2, 0) is 28.9 Å². The van der Waals surface area contributed by atoms with E-state index in [1.165, 1.54) is 19.1 Å². The van der Waals surface area contributed by atoms with Crippen molar-refractivity contribution in [1.29, 1.82) is 0 Å². The summed E-state index contributed by atoms with van der Waals surface area (Å²) in [5.74, 6) is -1.86. The molecule has 0 saturated heterocycles. The third-order valence-corrected chi connectivity index (χ3v) is 5.34. The van der Waals surface area contributed by atoms with Crippen molar-refractivity contribution >= 4 is 27.8 Å². The highest BCUT2D eigenvalue weighted by Gasteiger charge is 2.38. The summed E-state index contributed by atoms with van der Waals surface area (Å²) in [6, 6.07) is 4.66. The number of nitrogens with one attached hydrogen (secondary N) is 2. The van der Waals surface area contributed by atoms with E-state index < -0.39 is 44.8 Å². The first-order chi connectivity index (χ1) is 12.8. The standard InChI is InChI=1S/C18H26N2O7S/c1-11-7-9-13(10-8-11)28(24,25)15(20-17(23)27-18(3,4)5)14(21)19-12(2)16(22)26-6/h7-10,12,15H,1-6H3,(H,19,21)(H,20,23). The number of alkyl carbamates (subject to hydrolysis) is 1. The van der Waals surface area contributed by atoms with Gasteiger partial charge in [0.15, 0.2) is 0 Å². The summed E-state index contributed by atoms with van der Waals surface area (Å²) in [6.07, 6.45) is -1.09. The molecule has 2 N–H and O–H groups in total. The van der Waals surface area contributed by atoms with Gasteiger partial charge in [-0.05, 0) is 46.8 Å². The molecule has 2 amide bonds. The first-order valence-electron chi connectivity index (χ1n) is 8.46. The fourth-order valence-corrected chi connectivity index (χ4v) is 3.48. The number of sulfone groups is 1. The molecule has 10 heteroatoms. The first-order valence-corrected chi connectivity index (χ1v) is 10.0. The molecule has 0 heterocycles. The Labute approximate surface area is 164 Å². The quantitative estimate of drug-likeness (QED) is 0.672. The number of hydrogen-bond acceptors (Lipinski definition) is 7. The Bertz CT molecular complexity index is 826. The lowest BCUT2D eigenvalue weighted by atomic mass is 10.2. The molecule has 0 spiro atoms. The lowest BCUT2D eigenvalue weighted by Crippen LogP contribution is -2.55. The van der Waals surface area contributed by atoms with E-state index in [0.717, 1.165) is 12.7 Å². The molecule has 28 heavy (non-hydrogen) atoms. The van der Waals surface area contributed by atoms with Crippen LogP contribution < -0.4 is 10.6 Å². The first kappa shape index (κ1) is 23.4. The molecule has 2 unspecified atom stereocenters. The lowest BCUT2D eigenvalue weighted by molar-refractivity contribution is -0.144. The maximum Gasteiger partial charge on any atom is 0.409 e. The second-order valence-corrected chi connectivity index (χ2v) is 9.17. The Morgan fingerprint density at radius 1 is 1.04 bits per heavy atom. The topological polar surface area (TPSA) is 128 Å². The van der Waals surface area contributed by atoms with Crippen LogP contribution in [0.25, 0.3) is 0 Å². The molecule has 2 atom stereocenters. The highest BCUT2D eigenvalue weighted by molar-refractivity contribution is 7.92. The van der Waals surface area contributed by atoms with Crippen molar-refractivity contribution in [1.82, 2.24) is 10.6 Å². The molecule has 1 aromatic rings.